The van der Waals surface area contributed by atoms with Gasteiger partial charge < -0.3 is 9.80 Å². The van der Waals surface area contributed by atoms with Crippen LogP contribution in [0.3, 0.4) is 0 Å². The molecule has 0 radical (unpaired) electrons. The molecule has 2 nitrogen and oxygen atoms in total. The van der Waals surface area contributed by atoms with Crippen molar-refractivity contribution in [3.8, 4) is 0 Å². The number of hydrogen-bond donors (Lipinski definition) is 0. The number of nitrogens with zero attached hydrogens (tertiary/aromatic N) is 2. The first-order valence-corrected chi connectivity index (χ1v) is 11.3. The molecule has 0 aromatic heterocycles. The highest BCUT2D eigenvalue weighted by atomic mass is 15.4. The van der Waals surface area contributed by atoms with Gasteiger partial charge in [-0.05, 0) is 75.0 Å². The Morgan fingerprint density at radius 1 is 0.720 bits per heavy atom. The van der Waals surface area contributed by atoms with E-state index in [9.17, 15) is 0 Å². The summed E-state index contributed by atoms with van der Waals surface area (Å²) in [4.78, 5) is 5.62. The number of hydrogen-bond acceptors (Lipinski definition) is 2. The van der Waals surface area contributed by atoms with E-state index in [0.717, 1.165) is 23.7 Å². The molecule has 0 amide bonds. The van der Waals surface area contributed by atoms with Gasteiger partial charge in [0.25, 0.3) is 0 Å². The average Bonchev–Trinajstić information content (AvgIpc) is 3.05. The van der Waals surface area contributed by atoms with Crippen molar-refractivity contribution in [1.29, 1.82) is 0 Å². The van der Waals surface area contributed by atoms with Crippen molar-refractivity contribution in [3.05, 3.63) is 12.4 Å². The first-order valence-electron chi connectivity index (χ1n) is 11.3. The van der Waals surface area contributed by atoms with E-state index >= 15 is 0 Å². The van der Waals surface area contributed by atoms with Gasteiger partial charge in [-0.15, -0.1) is 0 Å². The maximum atomic E-state index is 2.81. The van der Waals surface area contributed by atoms with E-state index in [0.29, 0.717) is 11.1 Å². The Morgan fingerprint density at radius 2 is 1.20 bits per heavy atom. The van der Waals surface area contributed by atoms with E-state index in [4.69, 9.17) is 0 Å². The van der Waals surface area contributed by atoms with Crippen LogP contribution < -0.4 is 0 Å². The van der Waals surface area contributed by atoms with Crippen LogP contribution in [0.1, 0.15) is 90.9 Å². The molecule has 0 saturated heterocycles. The van der Waals surface area contributed by atoms with E-state index in [-0.39, 0.29) is 0 Å². The van der Waals surface area contributed by atoms with Crippen LogP contribution in [0.4, 0.5) is 0 Å². The highest BCUT2D eigenvalue weighted by Crippen LogP contribution is 2.52. The molecule has 25 heavy (non-hydrogen) atoms. The molecule has 4 aliphatic carbocycles. The zero-order valence-electron chi connectivity index (χ0n) is 16.6. The van der Waals surface area contributed by atoms with Gasteiger partial charge in [0.2, 0.25) is 0 Å². The molecule has 4 saturated carbocycles. The summed E-state index contributed by atoms with van der Waals surface area (Å²) in [5.41, 5.74) is 0.994. The normalized spacial score (nSPS) is 49.5. The summed E-state index contributed by atoms with van der Waals surface area (Å²) in [7, 11) is 0. The molecule has 0 aromatic carbocycles. The topological polar surface area (TPSA) is 6.48 Å². The minimum absolute atomic E-state index is 0.497. The summed E-state index contributed by atoms with van der Waals surface area (Å²) >= 11 is 0. The van der Waals surface area contributed by atoms with Gasteiger partial charge in [0.1, 0.15) is 0 Å². The third-order valence-electron chi connectivity index (χ3n) is 8.72. The van der Waals surface area contributed by atoms with Crippen molar-refractivity contribution >= 4 is 0 Å². The van der Waals surface area contributed by atoms with Crippen LogP contribution in [0, 0.1) is 23.7 Å². The molecule has 4 bridgehead atoms. The maximum Gasteiger partial charge on any atom is 0.0904 e. The molecule has 4 fully saturated rings. The molecule has 0 aromatic rings. The zero-order chi connectivity index (χ0) is 17.1. The fraction of sp³-hybridized carbons (Fsp3) is 0.913. The van der Waals surface area contributed by atoms with Crippen LogP contribution in [-0.4, -0.2) is 27.5 Å². The average molecular weight is 343 g/mol. The monoisotopic (exact) mass is 342 g/mol. The Bertz CT molecular complexity index is 488. The summed E-state index contributed by atoms with van der Waals surface area (Å²) < 4.78 is 0. The van der Waals surface area contributed by atoms with Crippen LogP contribution in [0.2, 0.25) is 0 Å². The fourth-order valence-electron chi connectivity index (χ4n) is 8.09. The lowest BCUT2D eigenvalue weighted by Gasteiger charge is -2.56. The molecule has 5 rings (SSSR count). The molecule has 2 heteroatoms. The second-order valence-corrected chi connectivity index (χ2v) is 10.8. The molecule has 0 spiro atoms. The molecule has 6 unspecified atom stereocenters. The lowest BCUT2D eigenvalue weighted by molar-refractivity contribution is -0.0442. The van der Waals surface area contributed by atoms with Gasteiger partial charge in [0.05, 0.1) is 6.67 Å². The van der Waals surface area contributed by atoms with Crippen LogP contribution in [-0.2, 0) is 0 Å². The van der Waals surface area contributed by atoms with Crippen LogP contribution >= 0.6 is 0 Å². The van der Waals surface area contributed by atoms with E-state index in [1.165, 1.54) is 83.7 Å². The summed E-state index contributed by atoms with van der Waals surface area (Å²) in [6.45, 7) is 6.22. The van der Waals surface area contributed by atoms with E-state index in [2.05, 4.69) is 36.0 Å². The quantitative estimate of drug-likeness (QED) is 0.630. The van der Waals surface area contributed by atoms with Crippen molar-refractivity contribution < 1.29 is 0 Å². The summed E-state index contributed by atoms with van der Waals surface area (Å²) in [5.74, 6) is 3.86. The largest absolute Gasteiger partial charge is 0.353 e. The van der Waals surface area contributed by atoms with Gasteiger partial charge in [-0.25, -0.2) is 0 Å². The smallest absolute Gasteiger partial charge is 0.0904 e. The summed E-state index contributed by atoms with van der Waals surface area (Å²) in [5, 5.41) is 0. The highest BCUT2D eigenvalue weighted by Gasteiger charge is 2.50. The zero-order valence-corrected chi connectivity index (χ0v) is 16.6. The Morgan fingerprint density at radius 3 is 1.68 bits per heavy atom. The van der Waals surface area contributed by atoms with E-state index < -0.39 is 0 Å². The van der Waals surface area contributed by atoms with E-state index in [1.807, 2.05) is 0 Å². The summed E-state index contributed by atoms with van der Waals surface area (Å²) in [6.07, 6.45) is 22.6. The molecule has 0 N–H and O–H groups in total. The van der Waals surface area contributed by atoms with Gasteiger partial charge in [0.15, 0.2) is 0 Å². The molecular weight excluding hydrogens is 304 g/mol. The van der Waals surface area contributed by atoms with Crippen molar-refractivity contribution in [2.45, 2.75) is 102 Å². The van der Waals surface area contributed by atoms with Gasteiger partial charge >= 0.3 is 0 Å². The van der Waals surface area contributed by atoms with E-state index in [1.54, 1.807) is 0 Å². The number of fused-ring (bicyclic) bond motifs is 4. The van der Waals surface area contributed by atoms with Gasteiger partial charge in [-0.3, -0.25) is 0 Å². The first-order chi connectivity index (χ1) is 12.1. The molecule has 1 aliphatic heterocycles. The first kappa shape index (κ1) is 16.5. The number of rotatable bonds is 2. The Hall–Kier alpha value is -0.660. The minimum atomic E-state index is 0.497. The molecule has 6 atom stereocenters. The second-order valence-electron chi connectivity index (χ2n) is 10.8. The highest BCUT2D eigenvalue weighted by molar-refractivity contribution is 5.11. The summed E-state index contributed by atoms with van der Waals surface area (Å²) in [6, 6.07) is 0. The minimum Gasteiger partial charge on any atom is -0.353 e. The predicted molar refractivity (Wildman–Crippen MR) is 104 cm³/mol. The van der Waals surface area contributed by atoms with Crippen molar-refractivity contribution in [3.63, 3.8) is 0 Å². The van der Waals surface area contributed by atoms with Crippen LogP contribution in [0.25, 0.3) is 0 Å². The van der Waals surface area contributed by atoms with Gasteiger partial charge in [0, 0.05) is 23.5 Å². The fourth-order valence-corrected chi connectivity index (χ4v) is 8.09. The molecule has 5 aliphatic rings. The van der Waals surface area contributed by atoms with Crippen LogP contribution in [0.15, 0.2) is 12.4 Å². The van der Waals surface area contributed by atoms with Crippen LogP contribution in [0.5, 0.6) is 0 Å². The molecular formula is C23H38N2. The van der Waals surface area contributed by atoms with Gasteiger partial charge in [-0.1, -0.05) is 39.5 Å². The van der Waals surface area contributed by atoms with Crippen molar-refractivity contribution in [1.82, 2.24) is 9.80 Å². The lowest BCUT2D eigenvalue weighted by Crippen LogP contribution is -2.57. The Kier molecular flexibility index (Phi) is 3.91. The third kappa shape index (κ3) is 2.73. The van der Waals surface area contributed by atoms with Crippen molar-refractivity contribution in [2.75, 3.05) is 6.67 Å². The lowest BCUT2D eigenvalue weighted by atomic mass is 9.63. The molecule has 140 valence electrons. The standard InChI is InChI=1S/C23H38N2/c1-18-11-20-5-3-7-22(13-18,15-20)24-9-10-25(17-24)23-8-4-6-21(16-23)12-19(2)14-23/h9-10,18-21H,3-8,11-17H2,1-2H3. The van der Waals surface area contributed by atoms with Crippen molar-refractivity contribution in [2.24, 2.45) is 23.7 Å². The predicted octanol–water partition coefficient (Wildman–Crippen LogP) is 5.75. The third-order valence-corrected chi connectivity index (χ3v) is 8.72. The molecule has 1 heterocycles. The van der Waals surface area contributed by atoms with Gasteiger partial charge in [-0.2, -0.15) is 0 Å². The SMILES string of the molecule is CC1CC2CCCC(N3C=CN(C45CCCC(CC(C)C4)C5)C3)(C1)C2. The maximum absolute atomic E-state index is 2.81. The Labute approximate surface area is 155 Å². The Balaban J connectivity index is 1.35. The second kappa shape index (κ2) is 5.92.